The minimum Gasteiger partial charge on any atom is -0.480 e. The van der Waals surface area contributed by atoms with Gasteiger partial charge >= 0.3 is 13.1 Å². The summed E-state index contributed by atoms with van der Waals surface area (Å²) in [6, 6.07) is 10.2. The van der Waals surface area contributed by atoms with E-state index in [1.807, 2.05) is 12.1 Å². The Labute approximate surface area is 166 Å². The Bertz CT molecular complexity index is 903. The maximum absolute atomic E-state index is 12.9. The Hall–Kier alpha value is -3.28. The van der Waals surface area contributed by atoms with Crippen molar-refractivity contribution < 1.29 is 29.7 Å². The summed E-state index contributed by atoms with van der Waals surface area (Å²) in [5.41, 5.74) is 0.718. The van der Waals surface area contributed by atoms with E-state index in [0.717, 1.165) is 28.7 Å². The molecule has 0 aliphatic carbocycles. The molecular formula is C18H20BN3O7. The molecule has 0 bridgehead atoms. The summed E-state index contributed by atoms with van der Waals surface area (Å²) in [6.45, 7) is -0.0144. The zero-order valence-corrected chi connectivity index (χ0v) is 15.6. The number of nitrogens with one attached hydrogen (secondary N) is 1. The van der Waals surface area contributed by atoms with Gasteiger partial charge in [-0.15, -0.1) is 0 Å². The quantitative estimate of drug-likeness (QED) is 0.254. The molecule has 0 aliphatic rings. The molecule has 1 amide bonds. The van der Waals surface area contributed by atoms with Crippen molar-refractivity contribution in [3.8, 4) is 0 Å². The summed E-state index contributed by atoms with van der Waals surface area (Å²) in [5, 5.41) is 41.9. The Morgan fingerprint density at radius 3 is 2.28 bits per heavy atom. The number of carboxylic acids is 1. The largest absolute Gasteiger partial charge is 0.488 e. The molecule has 29 heavy (non-hydrogen) atoms. The lowest BCUT2D eigenvalue weighted by molar-refractivity contribution is -0.384. The third-order valence-electron chi connectivity index (χ3n) is 4.09. The summed E-state index contributed by atoms with van der Waals surface area (Å²) in [6.07, 6.45) is 0. The first kappa shape index (κ1) is 22.0. The molecule has 152 valence electrons. The first-order valence-corrected chi connectivity index (χ1v) is 8.60. The minimum atomic E-state index is -2.02. The number of carboxylic acid groups (broad SMARTS) is 1. The topological polar surface area (TPSA) is 153 Å². The number of hydrogen-bond acceptors (Lipinski definition) is 7. The van der Waals surface area contributed by atoms with Gasteiger partial charge in [-0.2, -0.15) is 0 Å². The van der Waals surface area contributed by atoms with Crippen molar-refractivity contribution in [1.82, 2.24) is 10.2 Å². The van der Waals surface area contributed by atoms with Crippen LogP contribution in [-0.2, 0) is 17.9 Å². The van der Waals surface area contributed by atoms with Gasteiger partial charge in [-0.25, -0.2) is 0 Å². The molecule has 2 aromatic carbocycles. The monoisotopic (exact) mass is 401 g/mol. The van der Waals surface area contributed by atoms with Gasteiger partial charge in [0.15, 0.2) is 0 Å². The van der Waals surface area contributed by atoms with Gasteiger partial charge in [-0.05, 0) is 29.7 Å². The third kappa shape index (κ3) is 6.11. The Morgan fingerprint density at radius 2 is 1.76 bits per heavy atom. The van der Waals surface area contributed by atoms with Crippen molar-refractivity contribution in [3.63, 3.8) is 0 Å². The highest BCUT2D eigenvalue weighted by atomic mass is 16.6. The van der Waals surface area contributed by atoms with Crippen molar-refractivity contribution in [1.29, 1.82) is 0 Å². The highest BCUT2D eigenvalue weighted by molar-refractivity contribution is 6.58. The van der Waals surface area contributed by atoms with Crippen LogP contribution in [0.3, 0.4) is 0 Å². The van der Waals surface area contributed by atoms with Crippen molar-refractivity contribution >= 4 is 30.1 Å². The van der Waals surface area contributed by atoms with Gasteiger partial charge in [0, 0.05) is 30.8 Å². The van der Waals surface area contributed by atoms with Gasteiger partial charge in [-0.1, -0.05) is 24.3 Å². The maximum Gasteiger partial charge on any atom is 0.488 e. The standard InChI is InChI=1S/C18H20BN3O7/c1-20-9-12-2-4-13(5-3-12)10-21(11-17(23)24)18(25)14-6-15(19(26)27)8-16(7-14)22(28)29/h2-8,20,26-27H,9-11H2,1H3,(H,23,24). The molecule has 0 atom stereocenters. The maximum atomic E-state index is 12.9. The van der Waals surface area contributed by atoms with E-state index < -0.39 is 36.2 Å². The Kier molecular flexibility index (Phi) is 7.42. The lowest BCUT2D eigenvalue weighted by Crippen LogP contribution is -2.37. The summed E-state index contributed by atoms with van der Waals surface area (Å²) < 4.78 is 0. The van der Waals surface area contributed by atoms with Crippen LogP contribution >= 0.6 is 0 Å². The van der Waals surface area contributed by atoms with Crippen LogP contribution in [0.1, 0.15) is 21.5 Å². The van der Waals surface area contributed by atoms with Crippen LogP contribution in [0.4, 0.5) is 5.69 Å². The highest BCUT2D eigenvalue weighted by Crippen LogP contribution is 2.16. The van der Waals surface area contributed by atoms with Crippen molar-refractivity contribution in [2.24, 2.45) is 0 Å². The summed E-state index contributed by atoms with van der Waals surface area (Å²) in [5.74, 6) is -2.03. The second-order valence-electron chi connectivity index (χ2n) is 6.35. The molecule has 0 fully saturated rings. The Balaban J connectivity index is 2.35. The molecule has 0 saturated carbocycles. The van der Waals surface area contributed by atoms with Gasteiger partial charge < -0.3 is 25.4 Å². The number of carbonyl (C=O) groups is 2. The smallest absolute Gasteiger partial charge is 0.480 e. The van der Waals surface area contributed by atoms with E-state index in [-0.39, 0.29) is 17.6 Å². The molecule has 11 heteroatoms. The molecule has 0 spiro atoms. The number of hydrogen-bond donors (Lipinski definition) is 4. The highest BCUT2D eigenvalue weighted by Gasteiger charge is 2.24. The minimum absolute atomic E-state index is 0.0370. The first-order valence-electron chi connectivity index (χ1n) is 8.60. The van der Waals surface area contributed by atoms with E-state index >= 15 is 0 Å². The van der Waals surface area contributed by atoms with Gasteiger partial charge in [0.1, 0.15) is 6.54 Å². The number of benzene rings is 2. The zero-order valence-electron chi connectivity index (χ0n) is 15.6. The number of nitrogens with zero attached hydrogens (tertiary/aromatic N) is 2. The lowest BCUT2D eigenvalue weighted by atomic mass is 9.79. The van der Waals surface area contributed by atoms with Crippen molar-refractivity contribution in [2.45, 2.75) is 13.1 Å². The number of aliphatic carboxylic acids is 1. The van der Waals surface area contributed by atoms with E-state index in [1.165, 1.54) is 0 Å². The molecule has 0 unspecified atom stereocenters. The molecule has 4 N–H and O–H groups in total. The van der Waals surface area contributed by atoms with Crippen LogP contribution in [0.5, 0.6) is 0 Å². The molecule has 2 rings (SSSR count). The number of nitro groups is 1. The fourth-order valence-electron chi connectivity index (χ4n) is 2.74. The molecular weight excluding hydrogens is 381 g/mol. The average Bonchev–Trinajstić information content (AvgIpc) is 2.67. The lowest BCUT2D eigenvalue weighted by Gasteiger charge is -2.21. The average molecular weight is 401 g/mol. The van der Waals surface area contributed by atoms with E-state index in [0.29, 0.717) is 12.1 Å². The Morgan fingerprint density at radius 1 is 1.14 bits per heavy atom. The van der Waals surface area contributed by atoms with Crippen LogP contribution in [0.2, 0.25) is 0 Å². The third-order valence-corrected chi connectivity index (χ3v) is 4.09. The van der Waals surface area contributed by atoms with Crippen molar-refractivity contribution in [3.05, 3.63) is 69.3 Å². The summed E-state index contributed by atoms with van der Waals surface area (Å²) in [7, 11) is -0.216. The van der Waals surface area contributed by atoms with E-state index in [1.54, 1.807) is 19.2 Å². The van der Waals surface area contributed by atoms with Gasteiger partial charge in [0.05, 0.1) is 4.92 Å². The zero-order chi connectivity index (χ0) is 21.6. The predicted molar refractivity (Wildman–Crippen MR) is 105 cm³/mol. The SMILES string of the molecule is CNCc1ccc(CN(CC(=O)O)C(=O)c2cc(B(O)O)cc([N+](=O)[O-])c2)cc1. The normalized spacial score (nSPS) is 10.4. The van der Waals surface area contributed by atoms with Crippen LogP contribution < -0.4 is 10.8 Å². The van der Waals surface area contributed by atoms with Gasteiger partial charge in [0.25, 0.3) is 11.6 Å². The van der Waals surface area contributed by atoms with Crippen LogP contribution in [-0.4, -0.2) is 57.6 Å². The molecule has 0 saturated heterocycles. The number of rotatable bonds is 9. The van der Waals surface area contributed by atoms with Crippen LogP contribution in [0.15, 0.2) is 42.5 Å². The van der Waals surface area contributed by atoms with E-state index in [2.05, 4.69) is 5.32 Å². The molecule has 0 aliphatic heterocycles. The van der Waals surface area contributed by atoms with E-state index in [9.17, 15) is 29.8 Å². The summed E-state index contributed by atoms with van der Waals surface area (Å²) in [4.78, 5) is 35.4. The number of non-ortho nitro benzene ring substituents is 1. The number of nitro benzene ring substituents is 1. The summed E-state index contributed by atoms with van der Waals surface area (Å²) >= 11 is 0. The fraction of sp³-hybridized carbons (Fsp3) is 0.222. The van der Waals surface area contributed by atoms with E-state index in [4.69, 9.17) is 5.11 Å². The molecule has 10 nitrogen and oxygen atoms in total. The number of amides is 1. The second kappa shape index (κ2) is 9.78. The van der Waals surface area contributed by atoms with Crippen molar-refractivity contribution in [2.75, 3.05) is 13.6 Å². The molecule has 0 aromatic heterocycles. The van der Waals surface area contributed by atoms with Gasteiger partial charge in [0.2, 0.25) is 0 Å². The first-order chi connectivity index (χ1) is 13.7. The van der Waals surface area contributed by atoms with Crippen LogP contribution in [0, 0.1) is 10.1 Å². The molecule has 2 aromatic rings. The van der Waals surface area contributed by atoms with Gasteiger partial charge in [-0.3, -0.25) is 19.7 Å². The molecule has 0 heterocycles. The molecule has 0 radical (unpaired) electrons. The fourth-order valence-corrected chi connectivity index (χ4v) is 2.74. The predicted octanol–water partition coefficient (Wildman–Crippen LogP) is -0.279. The second-order valence-corrected chi connectivity index (χ2v) is 6.35. The van der Waals surface area contributed by atoms with Crippen LogP contribution in [0.25, 0.3) is 0 Å². The number of carbonyl (C=O) groups excluding carboxylic acids is 1.